The van der Waals surface area contributed by atoms with Gasteiger partial charge in [0.1, 0.15) is 13.2 Å². The van der Waals surface area contributed by atoms with Crippen molar-refractivity contribution in [3.8, 4) is 11.5 Å². The van der Waals surface area contributed by atoms with Crippen molar-refractivity contribution >= 4 is 11.8 Å². The van der Waals surface area contributed by atoms with Crippen molar-refractivity contribution in [2.45, 2.75) is 36.7 Å². The minimum atomic E-state index is 0.600. The third-order valence-electron chi connectivity index (χ3n) is 3.80. The van der Waals surface area contributed by atoms with Gasteiger partial charge in [-0.2, -0.15) is 0 Å². The Morgan fingerprint density at radius 2 is 2.00 bits per heavy atom. The largest absolute Gasteiger partial charge is 0.486 e. The van der Waals surface area contributed by atoms with Crippen LogP contribution < -0.4 is 14.8 Å². The summed E-state index contributed by atoms with van der Waals surface area (Å²) >= 11 is 1.77. The summed E-state index contributed by atoms with van der Waals surface area (Å²) in [6.45, 7) is 2.18. The van der Waals surface area contributed by atoms with Crippen molar-refractivity contribution in [3.63, 3.8) is 0 Å². The molecule has 0 aromatic heterocycles. The van der Waals surface area contributed by atoms with Gasteiger partial charge in [-0.3, -0.25) is 0 Å². The van der Waals surface area contributed by atoms with Gasteiger partial charge < -0.3 is 14.8 Å². The van der Waals surface area contributed by atoms with Gasteiger partial charge in [-0.15, -0.1) is 11.8 Å². The molecule has 1 N–H and O–H groups in total. The Morgan fingerprint density at radius 3 is 2.70 bits per heavy atom. The molecule has 1 heterocycles. The van der Waals surface area contributed by atoms with Gasteiger partial charge in [-0.05, 0) is 43.2 Å². The molecule has 0 fully saturated rings. The Kier molecular flexibility index (Phi) is 4.53. The summed E-state index contributed by atoms with van der Waals surface area (Å²) < 4.78 is 11.3. The Hall–Kier alpha value is -1.13. The first-order valence-corrected chi connectivity index (χ1v) is 8.44. The first-order chi connectivity index (χ1) is 9.86. The van der Waals surface area contributed by atoms with Crippen LogP contribution in [-0.2, 0) is 6.54 Å². The maximum Gasteiger partial charge on any atom is 0.162 e. The summed E-state index contributed by atoms with van der Waals surface area (Å²) in [6.07, 6.45) is 10.2. The molecule has 0 amide bonds. The fourth-order valence-corrected chi connectivity index (χ4v) is 3.29. The van der Waals surface area contributed by atoms with E-state index in [1.807, 2.05) is 0 Å². The van der Waals surface area contributed by atoms with Gasteiger partial charge in [0, 0.05) is 17.5 Å². The molecular formula is C16H21NO2S. The number of benzene rings is 1. The van der Waals surface area contributed by atoms with Gasteiger partial charge in [0.2, 0.25) is 0 Å². The molecule has 0 saturated carbocycles. The van der Waals surface area contributed by atoms with Crippen LogP contribution >= 0.6 is 11.8 Å². The van der Waals surface area contributed by atoms with Crippen molar-refractivity contribution in [2.75, 3.05) is 19.5 Å². The highest BCUT2D eigenvalue weighted by Crippen LogP contribution is 2.36. The van der Waals surface area contributed by atoms with E-state index in [1.165, 1.54) is 23.3 Å². The lowest BCUT2D eigenvalue weighted by Gasteiger charge is -2.23. The lowest BCUT2D eigenvalue weighted by molar-refractivity contribution is 0.171. The molecule has 108 valence electrons. The van der Waals surface area contributed by atoms with E-state index >= 15 is 0 Å². The minimum absolute atomic E-state index is 0.600. The second-order valence-corrected chi connectivity index (χ2v) is 6.02. The Labute approximate surface area is 124 Å². The highest BCUT2D eigenvalue weighted by Gasteiger charge is 2.16. The van der Waals surface area contributed by atoms with E-state index in [0.29, 0.717) is 19.3 Å². The highest BCUT2D eigenvalue weighted by molar-refractivity contribution is 7.98. The Balaban J connectivity index is 1.72. The molecule has 2 aliphatic rings. The summed E-state index contributed by atoms with van der Waals surface area (Å²) in [5.74, 6) is 1.76. The number of hydrogen-bond acceptors (Lipinski definition) is 4. The number of hydrogen-bond donors (Lipinski definition) is 1. The van der Waals surface area contributed by atoms with Crippen molar-refractivity contribution in [1.29, 1.82) is 0 Å². The lowest BCUT2D eigenvalue weighted by atomic mass is 10.0. The van der Waals surface area contributed by atoms with Crippen molar-refractivity contribution in [2.24, 2.45) is 0 Å². The second kappa shape index (κ2) is 6.55. The van der Waals surface area contributed by atoms with Crippen LogP contribution in [0.1, 0.15) is 24.8 Å². The SMILES string of the molecule is CSc1cc2c(cc1CNC1CC=CCC1)OCCO2. The summed E-state index contributed by atoms with van der Waals surface area (Å²) in [5.41, 5.74) is 1.30. The first kappa shape index (κ1) is 13.8. The average molecular weight is 291 g/mol. The molecule has 3 nitrogen and oxygen atoms in total. The number of allylic oxidation sites excluding steroid dienone is 1. The van der Waals surface area contributed by atoms with Gasteiger partial charge in [-0.1, -0.05) is 12.2 Å². The molecule has 0 bridgehead atoms. The Bertz CT molecular complexity index is 501. The van der Waals surface area contributed by atoms with Crippen LogP contribution in [0.25, 0.3) is 0 Å². The summed E-state index contributed by atoms with van der Waals surface area (Å²) in [5, 5.41) is 3.66. The van der Waals surface area contributed by atoms with E-state index in [-0.39, 0.29) is 0 Å². The summed E-state index contributed by atoms with van der Waals surface area (Å²) in [6, 6.07) is 4.84. The fourth-order valence-electron chi connectivity index (χ4n) is 2.67. The monoisotopic (exact) mass is 291 g/mol. The molecule has 1 aliphatic carbocycles. The molecule has 1 atom stereocenters. The molecule has 3 rings (SSSR count). The maximum atomic E-state index is 5.68. The second-order valence-electron chi connectivity index (χ2n) is 5.17. The topological polar surface area (TPSA) is 30.5 Å². The van der Waals surface area contributed by atoms with E-state index in [9.17, 15) is 0 Å². The molecule has 1 aromatic carbocycles. The summed E-state index contributed by atoms with van der Waals surface area (Å²) in [7, 11) is 0. The molecule has 1 aromatic rings. The predicted molar refractivity (Wildman–Crippen MR) is 82.8 cm³/mol. The van der Waals surface area contributed by atoms with Crippen LogP contribution in [0, 0.1) is 0 Å². The summed E-state index contributed by atoms with van der Waals surface area (Å²) in [4.78, 5) is 1.27. The molecular weight excluding hydrogens is 270 g/mol. The molecule has 4 heteroatoms. The van der Waals surface area contributed by atoms with Crippen molar-refractivity contribution < 1.29 is 9.47 Å². The molecule has 0 saturated heterocycles. The molecule has 0 spiro atoms. The molecule has 1 unspecified atom stereocenters. The van der Waals surface area contributed by atoms with Crippen LogP contribution in [0.3, 0.4) is 0 Å². The quantitative estimate of drug-likeness (QED) is 0.680. The van der Waals surface area contributed by atoms with E-state index < -0.39 is 0 Å². The van der Waals surface area contributed by atoms with Crippen molar-refractivity contribution in [3.05, 3.63) is 29.8 Å². The maximum absolute atomic E-state index is 5.68. The van der Waals surface area contributed by atoms with E-state index in [1.54, 1.807) is 11.8 Å². The predicted octanol–water partition coefficient (Wildman–Crippen LogP) is 3.38. The zero-order valence-electron chi connectivity index (χ0n) is 11.9. The standard InChI is InChI=1S/C16H21NO2S/c1-20-16-10-15-14(18-7-8-19-15)9-12(16)11-17-13-5-3-2-4-6-13/h2-3,9-10,13,17H,4-8,11H2,1H3. The normalized spacial score (nSPS) is 20.9. The van der Waals surface area contributed by atoms with Crippen LogP contribution in [0.5, 0.6) is 11.5 Å². The average Bonchev–Trinajstić information content (AvgIpc) is 2.53. The third-order valence-corrected chi connectivity index (χ3v) is 4.62. The third kappa shape index (κ3) is 3.13. The van der Waals surface area contributed by atoms with Crippen LogP contribution in [-0.4, -0.2) is 25.5 Å². The molecule has 20 heavy (non-hydrogen) atoms. The lowest BCUT2D eigenvalue weighted by Crippen LogP contribution is -2.29. The van der Waals surface area contributed by atoms with Gasteiger partial charge in [0.25, 0.3) is 0 Å². The number of rotatable bonds is 4. The van der Waals surface area contributed by atoms with Crippen LogP contribution in [0.2, 0.25) is 0 Å². The Morgan fingerprint density at radius 1 is 1.20 bits per heavy atom. The number of thioether (sulfide) groups is 1. The molecule has 1 aliphatic heterocycles. The van der Waals surface area contributed by atoms with Crippen molar-refractivity contribution in [1.82, 2.24) is 5.32 Å². The smallest absolute Gasteiger partial charge is 0.162 e. The van der Waals surface area contributed by atoms with E-state index in [2.05, 4.69) is 35.9 Å². The number of nitrogens with one attached hydrogen (secondary N) is 1. The van der Waals surface area contributed by atoms with Gasteiger partial charge in [-0.25, -0.2) is 0 Å². The zero-order valence-corrected chi connectivity index (χ0v) is 12.7. The fraction of sp³-hybridized carbons (Fsp3) is 0.500. The van der Waals surface area contributed by atoms with Gasteiger partial charge in [0.05, 0.1) is 0 Å². The molecule has 0 radical (unpaired) electrons. The zero-order chi connectivity index (χ0) is 13.8. The van der Waals surface area contributed by atoms with E-state index in [0.717, 1.165) is 24.5 Å². The minimum Gasteiger partial charge on any atom is -0.486 e. The number of fused-ring (bicyclic) bond motifs is 1. The van der Waals surface area contributed by atoms with Gasteiger partial charge >= 0.3 is 0 Å². The number of ether oxygens (including phenoxy) is 2. The van der Waals surface area contributed by atoms with Crippen LogP contribution in [0.4, 0.5) is 0 Å². The first-order valence-electron chi connectivity index (χ1n) is 7.21. The van der Waals surface area contributed by atoms with Gasteiger partial charge in [0.15, 0.2) is 11.5 Å². The highest BCUT2D eigenvalue weighted by atomic mass is 32.2. The van der Waals surface area contributed by atoms with E-state index in [4.69, 9.17) is 9.47 Å². The van der Waals surface area contributed by atoms with Crippen LogP contribution in [0.15, 0.2) is 29.2 Å².